The quantitative estimate of drug-likeness (QED) is 0.122. The summed E-state index contributed by atoms with van der Waals surface area (Å²) in [5.41, 5.74) is 6.49. The average molecular weight is 889 g/mol. The van der Waals surface area contributed by atoms with Crippen LogP contribution in [0.15, 0.2) is 38.1 Å². The van der Waals surface area contributed by atoms with Crippen molar-refractivity contribution in [2.24, 2.45) is 41.2 Å². The van der Waals surface area contributed by atoms with Gasteiger partial charge in [-0.15, -0.1) is 0 Å². The maximum absolute atomic E-state index is 13.8. The predicted molar refractivity (Wildman–Crippen MR) is 228 cm³/mol. The van der Waals surface area contributed by atoms with E-state index in [4.69, 9.17) is 42.7 Å². The lowest BCUT2D eigenvalue weighted by Crippen LogP contribution is -2.39. The first kappa shape index (κ1) is 51.2. The van der Waals surface area contributed by atoms with Crippen LogP contribution in [0.2, 0.25) is 0 Å². The maximum atomic E-state index is 13.8. The lowest BCUT2D eigenvalue weighted by atomic mass is 9.84. The molecule has 0 aliphatic carbocycles. The van der Waals surface area contributed by atoms with Crippen molar-refractivity contribution in [1.29, 1.82) is 0 Å². The van der Waals surface area contributed by atoms with Gasteiger partial charge in [0.1, 0.15) is 48.6 Å². The lowest BCUT2D eigenvalue weighted by molar-refractivity contribution is -0.159. The van der Waals surface area contributed by atoms with Crippen LogP contribution in [0.4, 0.5) is 4.79 Å². The summed E-state index contributed by atoms with van der Waals surface area (Å²) in [7, 11) is 4.62. The van der Waals surface area contributed by atoms with Crippen LogP contribution < -0.4 is 5.73 Å². The molecule has 18 nitrogen and oxygen atoms in total. The molecule has 63 heavy (non-hydrogen) atoms. The van der Waals surface area contributed by atoms with Crippen molar-refractivity contribution in [2.45, 2.75) is 136 Å². The average Bonchev–Trinajstić information content (AvgIpc) is 4.03. The Kier molecular flexibility index (Phi) is 20.0. The van der Waals surface area contributed by atoms with Crippen LogP contribution in [-0.2, 0) is 33.3 Å². The van der Waals surface area contributed by atoms with Crippen molar-refractivity contribution in [2.75, 3.05) is 27.9 Å². The van der Waals surface area contributed by atoms with E-state index in [2.05, 4.69) is 15.0 Å². The Balaban J connectivity index is 1.59. The third kappa shape index (κ3) is 14.5. The fraction of sp³-hybridized carbons (Fsp3) is 0.689. The Labute approximate surface area is 369 Å². The van der Waals surface area contributed by atoms with Crippen LogP contribution in [0.5, 0.6) is 0 Å². The molecular formula is C45H68N4O14. The second-order valence-electron chi connectivity index (χ2n) is 17.2. The van der Waals surface area contributed by atoms with E-state index in [1.54, 1.807) is 33.3 Å². The van der Waals surface area contributed by atoms with Gasteiger partial charge in [-0.25, -0.2) is 19.7 Å². The van der Waals surface area contributed by atoms with Crippen molar-refractivity contribution in [3.63, 3.8) is 0 Å². The molecule has 5 N–H and O–H groups in total. The van der Waals surface area contributed by atoms with Gasteiger partial charge in [0.25, 0.3) is 0 Å². The molecule has 0 saturated heterocycles. The number of oxazole rings is 3. The summed E-state index contributed by atoms with van der Waals surface area (Å²) < 4.78 is 45.9. The van der Waals surface area contributed by atoms with Gasteiger partial charge in [0.15, 0.2) is 11.4 Å². The number of ketones is 1. The number of cyclic esters (lactones) is 1. The molecule has 1 amide bonds. The molecule has 0 radical (unpaired) electrons. The Morgan fingerprint density at radius 3 is 2.22 bits per heavy atom. The molecule has 0 aromatic carbocycles. The van der Waals surface area contributed by atoms with Crippen LogP contribution in [-0.4, -0.2) is 113 Å². The molecule has 4 heterocycles. The molecule has 4 rings (SSSR count). The van der Waals surface area contributed by atoms with E-state index >= 15 is 0 Å². The number of esters is 1. The van der Waals surface area contributed by atoms with Crippen molar-refractivity contribution in [1.82, 2.24) is 15.0 Å². The fourth-order valence-electron chi connectivity index (χ4n) is 8.40. The zero-order valence-electron chi connectivity index (χ0n) is 38.0. The Hall–Kier alpha value is -4.46. The predicted octanol–water partition coefficient (Wildman–Crippen LogP) is 6.33. The summed E-state index contributed by atoms with van der Waals surface area (Å²) in [4.78, 5) is 52.7. The minimum atomic E-state index is -1.07. The van der Waals surface area contributed by atoms with Gasteiger partial charge in [-0.1, -0.05) is 47.6 Å². The number of amides is 1. The van der Waals surface area contributed by atoms with E-state index in [9.17, 15) is 29.7 Å². The van der Waals surface area contributed by atoms with Gasteiger partial charge in [0.05, 0.1) is 30.8 Å². The highest BCUT2D eigenvalue weighted by Crippen LogP contribution is 2.34. The Bertz CT molecular complexity index is 1890. The fourth-order valence-corrected chi connectivity index (χ4v) is 8.40. The van der Waals surface area contributed by atoms with E-state index in [-0.39, 0.29) is 98.4 Å². The number of Topliss-reactive ketones (excluding diaryl/α,β-unsaturated/α-hetero) is 1. The third-order valence-electron chi connectivity index (χ3n) is 12.4. The largest absolute Gasteiger partial charge is 0.462 e. The van der Waals surface area contributed by atoms with Gasteiger partial charge in [-0.05, 0) is 55.9 Å². The number of nitrogens with two attached hydrogens (primary N) is 1. The minimum absolute atomic E-state index is 0.000469. The van der Waals surface area contributed by atoms with Gasteiger partial charge in [-0.2, -0.15) is 0 Å². The van der Waals surface area contributed by atoms with Crippen LogP contribution in [0.25, 0.3) is 29.2 Å². The molecule has 3 aromatic rings. The highest BCUT2D eigenvalue weighted by Gasteiger charge is 2.35. The van der Waals surface area contributed by atoms with E-state index < -0.39 is 60.5 Å². The summed E-state index contributed by atoms with van der Waals surface area (Å²) >= 11 is 0. The summed E-state index contributed by atoms with van der Waals surface area (Å²) in [6, 6.07) is 0. The van der Waals surface area contributed by atoms with Crippen LogP contribution in [0, 0.1) is 35.5 Å². The van der Waals surface area contributed by atoms with Gasteiger partial charge < -0.3 is 58.0 Å². The molecule has 3 aromatic heterocycles. The number of aliphatic hydroxyl groups is 3. The maximum Gasteiger partial charge on any atom is 0.404 e. The Morgan fingerprint density at radius 1 is 0.873 bits per heavy atom. The number of ether oxygens (including phenoxy) is 5. The first-order valence-corrected chi connectivity index (χ1v) is 21.8. The van der Waals surface area contributed by atoms with E-state index in [0.29, 0.717) is 29.9 Å². The smallest absolute Gasteiger partial charge is 0.404 e. The number of rotatable bonds is 15. The number of nitrogens with zero attached hydrogens (tertiary/aromatic N) is 3. The first-order valence-electron chi connectivity index (χ1n) is 21.8. The van der Waals surface area contributed by atoms with Gasteiger partial charge >= 0.3 is 12.1 Å². The lowest BCUT2D eigenvalue weighted by Gasteiger charge is -2.33. The zero-order valence-corrected chi connectivity index (χ0v) is 38.0. The van der Waals surface area contributed by atoms with Gasteiger partial charge in [-0.3, -0.25) is 9.59 Å². The zero-order chi connectivity index (χ0) is 46.4. The molecule has 352 valence electrons. The summed E-state index contributed by atoms with van der Waals surface area (Å²) in [6.07, 6.45) is 2.74. The SMILES string of the molecule is COC(CC1OC(=O)CC(OC(N)=O)CC(C)CC(O)C(C)C(OC)c2coc(n2)-c2coc(n2)-c2coc(n2)C=CCC(O)C1C)C(C)CCC(=O)C(C)C(OC)C(C)CCO. The van der Waals surface area contributed by atoms with Crippen LogP contribution in [0.3, 0.4) is 0 Å². The number of carbonyl (C=O) groups is 3. The monoisotopic (exact) mass is 888 g/mol. The number of hydrogen-bond acceptors (Lipinski definition) is 17. The first-order chi connectivity index (χ1) is 30.0. The molecule has 1 aliphatic rings. The topological polar surface area (TPSA) is 262 Å². The number of carbonyl (C=O) groups excluding carboxylic acids is 3. The number of methoxy groups -OCH3 is 3. The van der Waals surface area contributed by atoms with Crippen LogP contribution >= 0.6 is 0 Å². The highest BCUT2D eigenvalue weighted by atomic mass is 16.6. The summed E-state index contributed by atoms with van der Waals surface area (Å²) in [5, 5.41) is 32.3. The minimum Gasteiger partial charge on any atom is -0.462 e. The second-order valence-corrected chi connectivity index (χ2v) is 17.2. The summed E-state index contributed by atoms with van der Waals surface area (Å²) in [6.45, 7) is 11.2. The van der Waals surface area contributed by atoms with E-state index in [1.165, 1.54) is 25.9 Å². The van der Waals surface area contributed by atoms with Crippen molar-refractivity contribution in [3.05, 3.63) is 36.5 Å². The molecule has 1 aliphatic heterocycles. The highest BCUT2D eigenvalue weighted by molar-refractivity contribution is 5.81. The second kappa shape index (κ2) is 24.6. The van der Waals surface area contributed by atoms with Crippen molar-refractivity contribution < 1.29 is 66.6 Å². The van der Waals surface area contributed by atoms with Gasteiger partial charge in [0.2, 0.25) is 17.7 Å². The third-order valence-corrected chi connectivity index (χ3v) is 12.4. The number of aliphatic hydroxyl groups excluding tert-OH is 3. The standard InChI is InChI=1S/C45H68N4O14/c1-24-17-30(62-45(46)55)19-40(54)63-38(20-37(56-7)25(2)13-14-35(52)28(5)41(57-8)26(3)15-16-50)27(4)34(51)11-10-12-39-47-32(22-59-39)43-49-33(23-61-43)44-48-31(21-60-44)42(58-9)29(6)36(53)18-24/h10,12,21-30,34,36-38,41-42,50-51,53H,11,13-20H2,1-9H3,(H2,46,55). The molecule has 6 bridgehead atoms. The van der Waals surface area contributed by atoms with E-state index in [1.807, 2.05) is 34.6 Å². The molecular weight excluding hydrogens is 821 g/mol. The summed E-state index contributed by atoms with van der Waals surface area (Å²) in [5.74, 6) is -2.07. The number of primary amides is 1. The number of aromatic nitrogens is 3. The molecule has 0 spiro atoms. The van der Waals surface area contributed by atoms with Crippen LogP contribution in [0.1, 0.15) is 111 Å². The molecule has 0 fully saturated rings. The van der Waals surface area contributed by atoms with Gasteiger partial charge in [0, 0.05) is 58.5 Å². The van der Waals surface area contributed by atoms with Crippen molar-refractivity contribution >= 4 is 23.9 Å². The Morgan fingerprint density at radius 2 is 1.56 bits per heavy atom. The molecule has 0 saturated carbocycles. The molecule has 13 atom stereocenters. The number of hydrogen-bond donors (Lipinski definition) is 4. The van der Waals surface area contributed by atoms with Crippen molar-refractivity contribution in [3.8, 4) is 23.2 Å². The molecule has 13 unspecified atom stereocenters. The number of fused-ring (bicyclic) bond motifs is 8. The normalized spacial score (nSPS) is 26.6. The van der Waals surface area contributed by atoms with E-state index in [0.717, 1.165) is 0 Å². The molecule has 18 heteroatoms.